The Morgan fingerprint density at radius 1 is 1.16 bits per heavy atom. The molecule has 1 unspecified atom stereocenters. The van der Waals surface area contributed by atoms with Crippen LogP contribution in [0, 0.1) is 0 Å². The second kappa shape index (κ2) is 8.45. The van der Waals surface area contributed by atoms with Gasteiger partial charge in [0.1, 0.15) is 0 Å². The second-order valence-electron chi connectivity index (χ2n) is 6.01. The quantitative estimate of drug-likeness (QED) is 0.762. The van der Waals surface area contributed by atoms with Crippen molar-refractivity contribution in [1.82, 2.24) is 4.90 Å². The van der Waals surface area contributed by atoms with Gasteiger partial charge in [0.15, 0.2) is 0 Å². The van der Waals surface area contributed by atoms with Gasteiger partial charge in [-0.25, -0.2) is 0 Å². The van der Waals surface area contributed by atoms with Crippen LogP contribution in [0.5, 0.6) is 0 Å². The van der Waals surface area contributed by atoms with E-state index < -0.39 is 5.76 Å². The van der Waals surface area contributed by atoms with E-state index in [0.29, 0.717) is 22.3 Å². The summed E-state index contributed by atoms with van der Waals surface area (Å²) in [6.45, 7) is 1.65. The van der Waals surface area contributed by atoms with Gasteiger partial charge in [0, 0.05) is 17.1 Å². The third kappa shape index (κ3) is 5.03. The monoisotopic (exact) mass is 362 g/mol. The Balaban J connectivity index is 1.60. The van der Waals surface area contributed by atoms with Gasteiger partial charge in [-0.05, 0) is 49.2 Å². The van der Waals surface area contributed by atoms with Crippen LogP contribution in [-0.2, 0) is 11.3 Å². The van der Waals surface area contributed by atoms with Gasteiger partial charge in [0.05, 0.1) is 6.04 Å². The van der Waals surface area contributed by atoms with Crippen LogP contribution in [0.25, 0.3) is 0 Å². The van der Waals surface area contributed by atoms with Crippen LogP contribution in [-0.4, -0.2) is 29.2 Å². The molecular weight excluding hydrogens is 342 g/mol. The normalized spacial score (nSPS) is 17.8. The molecule has 2 aromatic carbocycles. The Labute approximate surface area is 150 Å². The Hall–Kier alpha value is -1.92. The zero-order chi connectivity index (χ0) is 17.6. The number of thioether (sulfide) groups is 1. The minimum atomic E-state index is -2.44. The van der Waals surface area contributed by atoms with E-state index in [0.717, 1.165) is 25.9 Å². The summed E-state index contributed by atoms with van der Waals surface area (Å²) >= 11 is 0.499. The molecule has 1 aliphatic heterocycles. The molecule has 132 valence electrons. The highest BCUT2D eigenvalue weighted by molar-refractivity contribution is 7.99. The summed E-state index contributed by atoms with van der Waals surface area (Å²) in [6.07, 6.45) is 1.83. The van der Waals surface area contributed by atoms with Crippen LogP contribution in [0.2, 0.25) is 0 Å². The Bertz CT molecular complexity index is 694. The van der Waals surface area contributed by atoms with E-state index in [1.807, 2.05) is 18.2 Å². The lowest BCUT2D eigenvalue weighted by Crippen LogP contribution is -2.39. The van der Waals surface area contributed by atoms with Crippen molar-refractivity contribution in [1.29, 1.82) is 0 Å². The number of anilines is 1. The van der Waals surface area contributed by atoms with Crippen molar-refractivity contribution in [2.75, 3.05) is 11.9 Å². The summed E-state index contributed by atoms with van der Waals surface area (Å²) in [5.74, 6) is -2.48. The lowest BCUT2D eigenvalue weighted by atomic mass is 10.1. The molecule has 2 aromatic rings. The van der Waals surface area contributed by atoms with Crippen molar-refractivity contribution in [3.63, 3.8) is 0 Å². The minimum absolute atomic E-state index is 0.0392. The maximum atomic E-state index is 12.6. The van der Waals surface area contributed by atoms with Crippen molar-refractivity contribution in [3.05, 3.63) is 60.2 Å². The van der Waals surface area contributed by atoms with Gasteiger partial charge in [-0.1, -0.05) is 42.1 Å². The fourth-order valence-corrected chi connectivity index (χ4v) is 3.57. The zero-order valence-corrected chi connectivity index (χ0v) is 14.5. The van der Waals surface area contributed by atoms with Crippen LogP contribution >= 0.6 is 11.8 Å². The lowest BCUT2D eigenvalue weighted by molar-refractivity contribution is -0.120. The average Bonchev–Trinajstić information content (AvgIpc) is 3.05. The van der Waals surface area contributed by atoms with Gasteiger partial charge in [-0.2, -0.15) is 8.78 Å². The van der Waals surface area contributed by atoms with E-state index in [1.54, 1.807) is 24.3 Å². The number of rotatable bonds is 6. The molecule has 1 fully saturated rings. The molecule has 1 saturated heterocycles. The highest BCUT2D eigenvalue weighted by Gasteiger charge is 2.30. The standard InChI is InChI=1S/C19H20F2N2OS/c20-19(21)25-16-10-8-15(9-11-16)22-18(24)17-7-4-12-23(17)13-14-5-2-1-3-6-14/h1-3,5-6,8-11,17,19H,4,7,12-13H2,(H,22,24). The van der Waals surface area contributed by atoms with Crippen molar-refractivity contribution in [2.45, 2.75) is 36.1 Å². The van der Waals surface area contributed by atoms with E-state index in [-0.39, 0.29) is 11.9 Å². The predicted octanol–water partition coefficient (Wildman–Crippen LogP) is 4.60. The topological polar surface area (TPSA) is 32.3 Å². The van der Waals surface area contributed by atoms with Gasteiger partial charge in [0.2, 0.25) is 5.91 Å². The highest BCUT2D eigenvalue weighted by Crippen LogP contribution is 2.27. The average molecular weight is 362 g/mol. The molecule has 6 heteroatoms. The summed E-state index contributed by atoms with van der Waals surface area (Å²) in [6, 6.07) is 16.5. The number of hydrogen-bond acceptors (Lipinski definition) is 3. The van der Waals surface area contributed by atoms with Crippen LogP contribution in [0.3, 0.4) is 0 Å². The first-order valence-corrected chi connectivity index (χ1v) is 9.13. The predicted molar refractivity (Wildman–Crippen MR) is 96.8 cm³/mol. The first-order valence-electron chi connectivity index (χ1n) is 8.25. The van der Waals surface area contributed by atoms with Crippen molar-refractivity contribution >= 4 is 23.4 Å². The maximum Gasteiger partial charge on any atom is 0.288 e. The second-order valence-corrected chi connectivity index (χ2v) is 7.07. The molecule has 0 aromatic heterocycles. The SMILES string of the molecule is O=C(Nc1ccc(SC(F)F)cc1)C1CCCN1Cc1ccccc1. The van der Waals surface area contributed by atoms with E-state index in [2.05, 4.69) is 22.3 Å². The summed E-state index contributed by atoms with van der Waals surface area (Å²) in [5, 5.41) is 2.90. The molecule has 25 heavy (non-hydrogen) atoms. The summed E-state index contributed by atoms with van der Waals surface area (Å²) in [5.41, 5.74) is 1.82. The van der Waals surface area contributed by atoms with E-state index in [9.17, 15) is 13.6 Å². The van der Waals surface area contributed by atoms with Gasteiger partial charge in [-0.3, -0.25) is 9.69 Å². The molecule has 1 N–H and O–H groups in total. The van der Waals surface area contributed by atoms with Crippen LogP contribution in [0.4, 0.5) is 14.5 Å². The van der Waals surface area contributed by atoms with E-state index >= 15 is 0 Å². The molecule has 1 heterocycles. The van der Waals surface area contributed by atoms with Crippen LogP contribution < -0.4 is 5.32 Å². The molecular formula is C19H20F2N2OS. The maximum absolute atomic E-state index is 12.6. The minimum Gasteiger partial charge on any atom is -0.325 e. The molecule has 0 aliphatic carbocycles. The third-order valence-electron chi connectivity index (χ3n) is 4.24. The van der Waals surface area contributed by atoms with Gasteiger partial charge >= 0.3 is 0 Å². The number of carbonyl (C=O) groups excluding carboxylic acids is 1. The lowest BCUT2D eigenvalue weighted by Gasteiger charge is -2.23. The smallest absolute Gasteiger partial charge is 0.288 e. The van der Waals surface area contributed by atoms with Crippen molar-refractivity contribution in [2.24, 2.45) is 0 Å². The molecule has 1 amide bonds. The number of nitrogens with one attached hydrogen (secondary N) is 1. The van der Waals surface area contributed by atoms with E-state index in [4.69, 9.17) is 0 Å². The third-order valence-corrected chi connectivity index (χ3v) is 4.96. The van der Waals surface area contributed by atoms with E-state index in [1.165, 1.54) is 5.56 Å². The summed E-state index contributed by atoms with van der Waals surface area (Å²) in [7, 11) is 0. The molecule has 0 bridgehead atoms. The molecule has 3 rings (SSSR count). The number of alkyl halides is 2. The number of nitrogens with zero attached hydrogens (tertiary/aromatic N) is 1. The summed E-state index contributed by atoms with van der Waals surface area (Å²) < 4.78 is 24.7. The molecule has 1 atom stereocenters. The Morgan fingerprint density at radius 3 is 2.56 bits per heavy atom. The number of carbonyl (C=O) groups is 1. The van der Waals surface area contributed by atoms with Gasteiger partial charge in [-0.15, -0.1) is 0 Å². The van der Waals surface area contributed by atoms with Crippen molar-refractivity contribution < 1.29 is 13.6 Å². The zero-order valence-electron chi connectivity index (χ0n) is 13.7. The molecule has 0 radical (unpaired) electrons. The fourth-order valence-electron chi connectivity index (χ4n) is 3.08. The highest BCUT2D eigenvalue weighted by atomic mass is 32.2. The summed E-state index contributed by atoms with van der Waals surface area (Å²) in [4.78, 5) is 15.3. The first-order chi connectivity index (χ1) is 12.1. The number of halogens is 2. The van der Waals surface area contributed by atoms with Gasteiger partial charge in [0.25, 0.3) is 5.76 Å². The molecule has 3 nitrogen and oxygen atoms in total. The van der Waals surface area contributed by atoms with Crippen molar-refractivity contribution in [3.8, 4) is 0 Å². The Morgan fingerprint density at radius 2 is 1.88 bits per heavy atom. The molecule has 0 spiro atoms. The van der Waals surface area contributed by atoms with Crippen LogP contribution in [0.1, 0.15) is 18.4 Å². The van der Waals surface area contributed by atoms with Crippen LogP contribution in [0.15, 0.2) is 59.5 Å². The number of hydrogen-bond donors (Lipinski definition) is 1. The molecule has 0 saturated carbocycles. The number of likely N-dealkylation sites (tertiary alicyclic amines) is 1. The van der Waals surface area contributed by atoms with Gasteiger partial charge < -0.3 is 5.32 Å². The first kappa shape index (κ1) is 17.9. The number of benzene rings is 2. The number of amides is 1. The fraction of sp³-hybridized carbons (Fsp3) is 0.316. The molecule has 1 aliphatic rings. The Kier molecular flexibility index (Phi) is 6.04. The largest absolute Gasteiger partial charge is 0.325 e.